The first-order valence-corrected chi connectivity index (χ1v) is 16.8. The highest BCUT2D eigenvalue weighted by molar-refractivity contribution is 7.90. The van der Waals surface area contributed by atoms with Crippen LogP contribution in [0, 0.1) is 11.8 Å². The third kappa shape index (κ3) is 5.56. The number of aliphatic hydroxyl groups excluding tert-OH is 1. The highest BCUT2D eigenvalue weighted by atomic mass is 35.5. The van der Waals surface area contributed by atoms with Crippen molar-refractivity contribution in [3.8, 4) is 5.75 Å². The van der Waals surface area contributed by atoms with E-state index in [4.69, 9.17) is 21.1 Å². The zero-order valence-electron chi connectivity index (χ0n) is 24.1. The monoisotopic (exact) mass is 614 g/mol. The molecule has 0 aromatic heterocycles. The average molecular weight is 615 g/mol. The van der Waals surface area contributed by atoms with Crippen LogP contribution in [0.25, 0.3) is 0 Å². The molecule has 2 bridgehead atoms. The Bertz CT molecular complexity index is 1500. The lowest BCUT2D eigenvalue weighted by molar-refractivity contribution is 0.00500. The smallest absolute Gasteiger partial charge is 0.264 e. The summed E-state index contributed by atoms with van der Waals surface area (Å²) < 4.78 is 41.2. The van der Waals surface area contributed by atoms with Crippen LogP contribution in [0.4, 0.5) is 5.69 Å². The number of carbonyl (C=O) groups is 1. The molecule has 4 aliphatic rings. The van der Waals surface area contributed by atoms with Crippen molar-refractivity contribution in [2.75, 3.05) is 31.2 Å². The molecule has 3 heterocycles. The van der Waals surface area contributed by atoms with Crippen LogP contribution in [0.2, 0.25) is 5.02 Å². The quantitative estimate of drug-likeness (QED) is 0.417. The number of hydrogen-bond acceptors (Lipinski definition) is 7. The molecule has 1 fully saturated rings. The number of halogens is 1. The minimum atomic E-state index is -3.94. The Kier molecular flexibility index (Phi) is 8.06. The number of amides is 1. The number of carbonyl (C=O) groups excluding carboxylic acids is 1. The van der Waals surface area contributed by atoms with E-state index >= 15 is 0 Å². The second kappa shape index (κ2) is 11.5. The molecule has 0 radical (unpaired) electrons. The number of aliphatic hydroxyl groups is 1. The maximum absolute atomic E-state index is 13.3. The number of rotatable bonds is 0. The fourth-order valence-electron chi connectivity index (χ4n) is 7.09. The topological polar surface area (TPSA) is 105 Å². The highest BCUT2D eigenvalue weighted by Crippen LogP contribution is 2.45. The molecule has 42 heavy (non-hydrogen) atoms. The minimum absolute atomic E-state index is 0.0445. The normalized spacial score (nSPS) is 33.6. The Morgan fingerprint density at radius 2 is 2.00 bits per heavy atom. The number of sulfonamides is 1. The summed E-state index contributed by atoms with van der Waals surface area (Å²) in [5.41, 5.74) is 3.15. The van der Waals surface area contributed by atoms with Crippen LogP contribution in [0.1, 0.15) is 61.0 Å². The van der Waals surface area contributed by atoms with E-state index in [1.165, 1.54) is 11.1 Å². The lowest BCUT2D eigenvalue weighted by Crippen LogP contribution is -2.48. The minimum Gasteiger partial charge on any atom is -0.490 e. The van der Waals surface area contributed by atoms with E-state index in [0.29, 0.717) is 38.5 Å². The van der Waals surface area contributed by atoms with Crippen molar-refractivity contribution >= 4 is 33.2 Å². The molecule has 3 aliphatic heterocycles. The molecule has 2 N–H and O–H groups in total. The number of nitrogens with zero attached hydrogens (tertiary/aromatic N) is 1. The number of hydrogen-bond donors (Lipinski definition) is 2. The van der Waals surface area contributed by atoms with Crippen molar-refractivity contribution in [3.05, 3.63) is 70.3 Å². The van der Waals surface area contributed by atoms with E-state index < -0.39 is 33.4 Å². The van der Waals surface area contributed by atoms with Crippen molar-refractivity contribution in [3.63, 3.8) is 0 Å². The van der Waals surface area contributed by atoms with Crippen molar-refractivity contribution in [2.24, 2.45) is 11.8 Å². The van der Waals surface area contributed by atoms with Crippen LogP contribution >= 0.6 is 11.6 Å². The van der Waals surface area contributed by atoms with Gasteiger partial charge in [-0.15, -0.1) is 0 Å². The summed E-state index contributed by atoms with van der Waals surface area (Å²) in [5.74, 6) is -0.240. The molecule has 6 atom stereocenters. The molecule has 1 amide bonds. The fourth-order valence-corrected chi connectivity index (χ4v) is 8.57. The largest absolute Gasteiger partial charge is 0.490 e. The summed E-state index contributed by atoms with van der Waals surface area (Å²) in [6.07, 6.45) is 6.48. The van der Waals surface area contributed by atoms with E-state index in [1.54, 1.807) is 31.2 Å². The zero-order chi connectivity index (χ0) is 29.6. The summed E-state index contributed by atoms with van der Waals surface area (Å²) in [5, 5.41) is 11.1. The van der Waals surface area contributed by atoms with Crippen LogP contribution in [0.5, 0.6) is 5.75 Å². The molecule has 0 saturated carbocycles. The summed E-state index contributed by atoms with van der Waals surface area (Å²) in [4.78, 5) is 15.6. The number of nitrogens with one attached hydrogen (secondary N) is 1. The van der Waals surface area contributed by atoms with Gasteiger partial charge >= 0.3 is 0 Å². The molecule has 1 spiro atoms. The first kappa shape index (κ1) is 29.5. The Morgan fingerprint density at radius 3 is 2.83 bits per heavy atom. The van der Waals surface area contributed by atoms with Gasteiger partial charge < -0.3 is 19.5 Å². The first-order chi connectivity index (χ1) is 20.1. The second-order valence-corrected chi connectivity index (χ2v) is 15.0. The van der Waals surface area contributed by atoms with Gasteiger partial charge in [0.05, 0.1) is 29.8 Å². The standard InChI is InChI=1S/C32H39ClN2O6S/c1-20-5-3-7-28(36)30-24(12-14-40-30)17-35-18-32(13-4-6-22-15-25(33)9-10-26(22)32)19-41-29-11-8-23(16-27(29)35)31(37)34-42(38,39)21(20)2/h3,7-11,15-16,20-21,24,28,30,36H,4-6,12-14,17-19H2,1-2H3,(H,34,37)/b7-3+/t20-,21+,24-,28?,30+,32-/m0/s1. The fraction of sp³-hybridized carbons (Fsp3) is 0.531. The van der Waals surface area contributed by atoms with Gasteiger partial charge in [0.15, 0.2) is 0 Å². The Labute approximate surface area is 253 Å². The average Bonchev–Trinajstić information content (AvgIpc) is 3.36. The molecular formula is C32H39ClN2O6S. The molecule has 1 aliphatic carbocycles. The second-order valence-electron chi connectivity index (χ2n) is 12.5. The van der Waals surface area contributed by atoms with Crippen molar-refractivity contribution in [1.82, 2.24) is 4.72 Å². The predicted octanol–water partition coefficient (Wildman–Crippen LogP) is 4.62. The molecule has 10 heteroatoms. The SMILES string of the molecule is C[C@@H]1[C@@H](C)C/C=C/C(O)[C@@H]2OCC[C@H]2CN2C[C@@]3(CCCc4cc(Cl)ccc43)COc3ccc(cc32)C(=O)NS1(=O)=O. The predicted molar refractivity (Wildman–Crippen MR) is 163 cm³/mol. The molecule has 2 aromatic rings. The highest BCUT2D eigenvalue weighted by Gasteiger charge is 2.44. The number of allylic oxidation sites excluding steroid dienone is 1. The molecule has 1 unspecified atom stereocenters. The molecule has 2 aromatic carbocycles. The van der Waals surface area contributed by atoms with Crippen LogP contribution in [0.15, 0.2) is 48.6 Å². The number of fused-ring (bicyclic) bond motifs is 4. The van der Waals surface area contributed by atoms with E-state index in [1.807, 2.05) is 19.1 Å². The summed E-state index contributed by atoms with van der Waals surface area (Å²) in [6.45, 7) is 5.68. The summed E-state index contributed by atoms with van der Waals surface area (Å²) in [6, 6.07) is 11.2. The van der Waals surface area contributed by atoms with Gasteiger partial charge in [0.2, 0.25) is 10.0 Å². The number of aryl methyl sites for hydroxylation is 1. The third-order valence-electron chi connectivity index (χ3n) is 9.72. The van der Waals surface area contributed by atoms with Gasteiger partial charge in [-0.25, -0.2) is 13.1 Å². The Balaban J connectivity index is 1.44. The van der Waals surface area contributed by atoms with Gasteiger partial charge in [-0.05, 0) is 86.4 Å². The van der Waals surface area contributed by atoms with Crippen LogP contribution in [0.3, 0.4) is 0 Å². The lowest BCUT2D eigenvalue weighted by Gasteiger charge is -2.41. The van der Waals surface area contributed by atoms with E-state index in [-0.39, 0.29) is 22.8 Å². The van der Waals surface area contributed by atoms with Gasteiger partial charge in [0, 0.05) is 41.6 Å². The maximum Gasteiger partial charge on any atom is 0.264 e. The lowest BCUT2D eigenvalue weighted by atomic mass is 9.70. The Hall–Kier alpha value is -2.59. The van der Waals surface area contributed by atoms with Crippen LogP contribution in [-0.4, -0.2) is 63.2 Å². The molecule has 8 nitrogen and oxygen atoms in total. The van der Waals surface area contributed by atoms with Gasteiger partial charge in [-0.3, -0.25) is 4.79 Å². The van der Waals surface area contributed by atoms with Gasteiger partial charge in [0.1, 0.15) is 5.75 Å². The number of benzene rings is 2. The summed E-state index contributed by atoms with van der Waals surface area (Å²) >= 11 is 6.38. The molecule has 1 saturated heterocycles. The molecular weight excluding hydrogens is 576 g/mol. The number of ether oxygens (including phenoxy) is 2. The molecule has 6 rings (SSSR count). The summed E-state index contributed by atoms with van der Waals surface area (Å²) in [7, 11) is -3.94. The van der Waals surface area contributed by atoms with Crippen LogP contribution in [-0.2, 0) is 26.6 Å². The van der Waals surface area contributed by atoms with E-state index in [9.17, 15) is 18.3 Å². The number of anilines is 1. The van der Waals surface area contributed by atoms with Gasteiger partial charge in [-0.1, -0.05) is 36.7 Å². The first-order valence-electron chi connectivity index (χ1n) is 14.9. The van der Waals surface area contributed by atoms with Crippen LogP contribution < -0.4 is 14.4 Å². The zero-order valence-corrected chi connectivity index (χ0v) is 25.7. The van der Waals surface area contributed by atoms with Crippen molar-refractivity contribution in [2.45, 2.75) is 68.8 Å². The van der Waals surface area contributed by atoms with Crippen molar-refractivity contribution < 1.29 is 27.8 Å². The third-order valence-corrected chi connectivity index (χ3v) is 11.9. The van der Waals surface area contributed by atoms with E-state index in [2.05, 4.69) is 21.8 Å². The van der Waals surface area contributed by atoms with E-state index in [0.717, 1.165) is 36.4 Å². The maximum atomic E-state index is 13.3. The van der Waals surface area contributed by atoms with Gasteiger partial charge in [0.25, 0.3) is 5.91 Å². The van der Waals surface area contributed by atoms with Crippen molar-refractivity contribution in [1.29, 1.82) is 0 Å². The Morgan fingerprint density at radius 1 is 1.17 bits per heavy atom. The molecule has 226 valence electrons. The van der Waals surface area contributed by atoms with Gasteiger partial charge in [-0.2, -0.15) is 0 Å².